The Kier molecular flexibility index (Phi) is 3.55. The van der Waals surface area contributed by atoms with Crippen LogP contribution in [0.25, 0.3) is 0 Å². The number of para-hydroxylation sites is 2. The molecule has 0 aliphatic rings. The highest BCUT2D eigenvalue weighted by Gasteiger charge is 2.02. The SMILES string of the molecule is COc1ccccc1Nc1cc(I)ncn1. The van der Waals surface area contributed by atoms with E-state index < -0.39 is 0 Å². The molecule has 1 heterocycles. The van der Waals surface area contributed by atoms with Crippen molar-refractivity contribution in [3.8, 4) is 5.75 Å². The minimum Gasteiger partial charge on any atom is -0.495 e. The number of anilines is 2. The van der Waals surface area contributed by atoms with E-state index in [-0.39, 0.29) is 0 Å². The molecule has 0 aliphatic heterocycles. The minimum absolute atomic E-state index is 0.754. The topological polar surface area (TPSA) is 47.0 Å². The molecule has 2 rings (SSSR count). The van der Waals surface area contributed by atoms with Crippen LogP contribution >= 0.6 is 22.6 Å². The summed E-state index contributed by atoms with van der Waals surface area (Å²) in [6.07, 6.45) is 1.53. The van der Waals surface area contributed by atoms with Gasteiger partial charge in [0, 0.05) is 6.07 Å². The Morgan fingerprint density at radius 3 is 2.81 bits per heavy atom. The summed E-state index contributed by atoms with van der Waals surface area (Å²) in [4.78, 5) is 8.16. The van der Waals surface area contributed by atoms with Gasteiger partial charge in [-0.15, -0.1) is 0 Å². The lowest BCUT2D eigenvalue weighted by Crippen LogP contribution is -1.97. The molecule has 0 bridgehead atoms. The van der Waals surface area contributed by atoms with E-state index in [0.29, 0.717) is 0 Å². The molecule has 0 fully saturated rings. The summed E-state index contributed by atoms with van der Waals surface area (Å²) < 4.78 is 6.13. The van der Waals surface area contributed by atoms with E-state index in [9.17, 15) is 0 Å². The van der Waals surface area contributed by atoms with E-state index in [2.05, 4.69) is 37.9 Å². The van der Waals surface area contributed by atoms with E-state index >= 15 is 0 Å². The lowest BCUT2D eigenvalue weighted by Gasteiger charge is -2.09. The third kappa shape index (κ3) is 2.60. The summed E-state index contributed by atoms with van der Waals surface area (Å²) in [5, 5.41) is 3.18. The van der Waals surface area contributed by atoms with E-state index in [1.54, 1.807) is 7.11 Å². The molecule has 0 aliphatic carbocycles. The first kappa shape index (κ1) is 11.1. The molecule has 1 aromatic carbocycles. The Morgan fingerprint density at radius 2 is 2.06 bits per heavy atom. The first-order valence-electron chi connectivity index (χ1n) is 4.67. The summed E-state index contributed by atoms with van der Waals surface area (Å²) in [6.45, 7) is 0. The van der Waals surface area contributed by atoms with Crippen LogP contribution in [0.1, 0.15) is 0 Å². The predicted octanol–water partition coefficient (Wildman–Crippen LogP) is 2.83. The van der Waals surface area contributed by atoms with Crippen LogP contribution in [-0.4, -0.2) is 17.1 Å². The molecule has 0 saturated carbocycles. The number of methoxy groups -OCH3 is 1. The molecule has 82 valence electrons. The van der Waals surface area contributed by atoms with E-state index in [1.807, 2.05) is 30.3 Å². The number of ether oxygens (including phenoxy) is 1. The van der Waals surface area contributed by atoms with Gasteiger partial charge in [-0.25, -0.2) is 9.97 Å². The Hall–Kier alpha value is -1.37. The molecular formula is C11H10IN3O. The number of benzene rings is 1. The molecule has 0 unspecified atom stereocenters. The van der Waals surface area contributed by atoms with Gasteiger partial charge in [-0.05, 0) is 34.7 Å². The summed E-state index contributed by atoms with van der Waals surface area (Å²) >= 11 is 2.14. The van der Waals surface area contributed by atoms with Gasteiger partial charge in [0.25, 0.3) is 0 Å². The van der Waals surface area contributed by atoms with Crippen LogP contribution in [0.4, 0.5) is 11.5 Å². The summed E-state index contributed by atoms with van der Waals surface area (Å²) in [6, 6.07) is 9.57. The molecular weight excluding hydrogens is 317 g/mol. The molecule has 0 amide bonds. The zero-order valence-corrected chi connectivity index (χ0v) is 10.8. The zero-order chi connectivity index (χ0) is 11.4. The lowest BCUT2D eigenvalue weighted by molar-refractivity contribution is 0.417. The standard InChI is InChI=1S/C11H10IN3O/c1-16-9-5-3-2-4-8(9)15-11-6-10(12)13-7-14-11/h2-7H,1H3,(H,13,14,15). The van der Waals surface area contributed by atoms with Crippen molar-refractivity contribution in [1.82, 2.24) is 9.97 Å². The molecule has 0 saturated heterocycles. The van der Waals surface area contributed by atoms with Crippen molar-refractivity contribution >= 4 is 34.1 Å². The van der Waals surface area contributed by atoms with Gasteiger partial charge in [-0.1, -0.05) is 12.1 Å². The maximum atomic E-state index is 5.24. The molecule has 0 spiro atoms. The van der Waals surface area contributed by atoms with Crippen LogP contribution in [0.2, 0.25) is 0 Å². The van der Waals surface area contributed by atoms with Crippen LogP contribution in [0.5, 0.6) is 5.75 Å². The van der Waals surface area contributed by atoms with Crippen molar-refractivity contribution in [3.05, 3.63) is 40.4 Å². The molecule has 5 heteroatoms. The molecule has 1 N–H and O–H groups in total. The highest BCUT2D eigenvalue weighted by Crippen LogP contribution is 2.26. The fourth-order valence-corrected chi connectivity index (χ4v) is 1.71. The second-order valence-electron chi connectivity index (χ2n) is 3.05. The van der Waals surface area contributed by atoms with Gasteiger partial charge in [0.1, 0.15) is 21.6 Å². The van der Waals surface area contributed by atoms with Crippen LogP contribution in [0.3, 0.4) is 0 Å². The second-order valence-corrected chi connectivity index (χ2v) is 4.16. The monoisotopic (exact) mass is 327 g/mol. The van der Waals surface area contributed by atoms with Crippen molar-refractivity contribution in [2.45, 2.75) is 0 Å². The quantitative estimate of drug-likeness (QED) is 0.696. The van der Waals surface area contributed by atoms with Gasteiger partial charge in [0.2, 0.25) is 0 Å². The third-order valence-electron chi connectivity index (χ3n) is 2.00. The largest absolute Gasteiger partial charge is 0.495 e. The molecule has 0 radical (unpaired) electrons. The Bertz CT molecular complexity index is 490. The van der Waals surface area contributed by atoms with Crippen LogP contribution in [0.15, 0.2) is 36.7 Å². The Balaban J connectivity index is 2.26. The molecule has 2 aromatic rings. The third-order valence-corrected chi connectivity index (χ3v) is 2.59. The van der Waals surface area contributed by atoms with Crippen molar-refractivity contribution in [2.24, 2.45) is 0 Å². The smallest absolute Gasteiger partial charge is 0.142 e. The maximum Gasteiger partial charge on any atom is 0.142 e. The molecule has 1 aromatic heterocycles. The maximum absolute atomic E-state index is 5.24. The molecule has 16 heavy (non-hydrogen) atoms. The number of nitrogens with zero attached hydrogens (tertiary/aromatic N) is 2. The normalized spacial score (nSPS) is 9.88. The van der Waals surface area contributed by atoms with Crippen molar-refractivity contribution in [3.63, 3.8) is 0 Å². The van der Waals surface area contributed by atoms with Crippen LogP contribution < -0.4 is 10.1 Å². The fraction of sp³-hybridized carbons (Fsp3) is 0.0909. The minimum atomic E-state index is 0.754. The first-order chi connectivity index (χ1) is 7.79. The predicted molar refractivity (Wildman–Crippen MR) is 71.0 cm³/mol. The number of halogens is 1. The fourth-order valence-electron chi connectivity index (χ4n) is 1.29. The van der Waals surface area contributed by atoms with Crippen molar-refractivity contribution in [2.75, 3.05) is 12.4 Å². The zero-order valence-electron chi connectivity index (χ0n) is 8.64. The summed E-state index contributed by atoms with van der Waals surface area (Å²) in [5.74, 6) is 1.54. The average molecular weight is 327 g/mol. The number of aromatic nitrogens is 2. The van der Waals surface area contributed by atoms with E-state index in [0.717, 1.165) is 21.0 Å². The van der Waals surface area contributed by atoms with Gasteiger partial charge in [0.15, 0.2) is 0 Å². The van der Waals surface area contributed by atoms with Gasteiger partial charge in [0.05, 0.1) is 12.8 Å². The molecule has 0 atom stereocenters. The number of hydrogen-bond acceptors (Lipinski definition) is 4. The summed E-state index contributed by atoms with van der Waals surface area (Å²) in [5.41, 5.74) is 0.888. The highest BCUT2D eigenvalue weighted by molar-refractivity contribution is 14.1. The number of hydrogen-bond donors (Lipinski definition) is 1. The number of nitrogens with one attached hydrogen (secondary N) is 1. The Morgan fingerprint density at radius 1 is 1.25 bits per heavy atom. The molecule has 4 nitrogen and oxygen atoms in total. The second kappa shape index (κ2) is 5.11. The van der Waals surface area contributed by atoms with E-state index in [1.165, 1.54) is 6.33 Å². The van der Waals surface area contributed by atoms with Crippen LogP contribution in [-0.2, 0) is 0 Å². The highest BCUT2D eigenvalue weighted by atomic mass is 127. The Labute approximate surface area is 107 Å². The lowest BCUT2D eigenvalue weighted by atomic mass is 10.3. The van der Waals surface area contributed by atoms with E-state index in [4.69, 9.17) is 4.74 Å². The first-order valence-corrected chi connectivity index (χ1v) is 5.75. The van der Waals surface area contributed by atoms with Crippen molar-refractivity contribution in [1.29, 1.82) is 0 Å². The van der Waals surface area contributed by atoms with Gasteiger partial charge >= 0.3 is 0 Å². The summed E-state index contributed by atoms with van der Waals surface area (Å²) in [7, 11) is 1.64. The van der Waals surface area contributed by atoms with Crippen molar-refractivity contribution < 1.29 is 4.74 Å². The van der Waals surface area contributed by atoms with Gasteiger partial charge in [-0.3, -0.25) is 0 Å². The number of rotatable bonds is 3. The van der Waals surface area contributed by atoms with Gasteiger partial charge < -0.3 is 10.1 Å². The van der Waals surface area contributed by atoms with Gasteiger partial charge in [-0.2, -0.15) is 0 Å². The average Bonchev–Trinajstić information content (AvgIpc) is 2.30. The van der Waals surface area contributed by atoms with Crippen LogP contribution in [0, 0.1) is 3.70 Å².